The molecule has 3 aromatic carbocycles. The van der Waals surface area contributed by atoms with E-state index in [1.54, 1.807) is 24.3 Å². The molecule has 2 atom stereocenters. The van der Waals surface area contributed by atoms with E-state index in [-0.39, 0.29) is 23.4 Å². The average Bonchev–Trinajstić information content (AvgIpc) is 2.88. The van der Waals surface area contributed by atoms with Crippen LogP contribution < -0.4 is 14.5 Å². The number of anilines is 2. The van der Waals surface area contributed by atoms with Gasteiger partial charge in [-0.1, -0.05) is 60.7 Å². The first-order valence-corrected chi connectivity index (χ1v) is 13.0. The van der Waals surface area contributed by atoms with Gasteiger partial charge in [0.25, 0.3) is 10.0 Å². The third kappa shape index (κ3) is 5.00. The lowest BCUT2D eigenvalue weighted by molar-refractivity contribution is 0.384. The first-order valence-electron chi connectivity index (χ1n) is 11.6. The van der Waals surface area contributed by atoms with E-state index in [1.807, 2.05) is 74.6 Å². The van der Waals surface area contributed by atoms with E-state index in [4.69, 9.17) is 5.41 Å². The fraction of sp³-hybridized carbons (Fsp3) is 0.296. The van der Waals surface area contributed by atoms with E-state index >= 15 is 0 Å². The summed E-state index contributed by atoms with van der Waals surface area (Å²) in [6.45, 7) is 3.70. The Bertz CT molecular complexity index is 1220. The molecule has 0 amide bonds. The molecule has 4 rings (SSSR count). The van der Waals surface area contributed by atoms with Gasteiger partial charge in [-0.3, -0.25) is 4.31 Å². The zero-order valence-electron chi connectivity index (χ0n) is 19.7. The maximum atomic E-state index is 13.9. The van der Waals surface area contributed by atoms with Crippen LogP contribution >= 0.6 is 0 Å². The molecule has 2 N–H and O–H groups in total. The van der Waals surface area contributed by atoms with Crippen LogP contribution in [0.4, 0.5) is 11.4 Å². The molecule has 0 bridgehead atoms. The summed E-state index contributed by atoms with van der Waals surface area (Å²) in [5.41, 5.74) is 3.03. The Morgan fingerprint density at radius 1 is 0.941 bits per heavy atom. The minimum atomic E-state index is -3.82. The summed E-state index contributed by atoms with van der Waals surface area (Å²) in [6.07, 6.45) is 0.885. The van der Waals surface area contributed by atoms with Gasteiger partial charge in [-0.15, -0.1) is 0 Å². The molecule has 7 heteroatoms. The lowest BCUT2D eigenvalue weighted by Gasteiger charge is -2.41. The van der Waals surface area contributed by atoms with Gasteiger partial charge in [0.05, 0.1) is 22.8 Å². The Labute approximate surface area is 202 Å². The lowest BCUT2D eigenvalue weighted by atomic mass is 9.88. The highest BCUT2D eigenvalue weighted by molar-refractivity contribution is 7.92. The maximum Gasteiger partial charge on any atom is 0.264 e. The minimum Gasteiger partial charge on any atom is -0.369 e. The predicted octanol–water partition coefficient (Wildman–Crippen LogP) is 4.54. The molecule has 0 radical (unpaired) electrons. The largest absolute Gasteiger partial charge is 0.369 e. The smallest absolute Gasteiger partial charge is 0.264 e. The van der Waals surface area contributed by atoms with Gasteiger partial charge in [0.1, 0.15) is 0 Å². The van der Waals surface area contributed by atoms with Gasteiger partial charge in [0.2, 0.25) is 0 Å². The van der Waals surface area contributed by atoms with Crippen molar-refractivity contribution in [1.82, 2.24) is 5.32 Å². The Balaban J connectivity index is 1.80. The number of sulfonamides is 1. The predicted molar refractivity (Wildman–Crippen MR) is 139 cm³/mol. The summed E-state index contributed by atoms with van der Waals surface area (Å²) in [7, 11) is -1.80. The first kappa shape index (κ1) is 24.0. The van der Waals surface area contributed by atoms with Crippen LogP contribution in [0.3, 0.4) is 0 Å². The summed E-state index contributed by atoms with van der Waals surface area (Å²) in [6, 6.07) is 26.1. The summed E-state index contributed by atoms with van der Waals surface area (Å²) in [5, 5.41) is 11.7. The summed E-state index contributed by atoms with van der Waals surface area (Å²) in [4.78, 5) is 2.43. The minimum absolute atomic E-state index is 0.0695. The highest BCUT2D eigenvalue weighted by Crippen LogP contribution is 2.36. The summed E-state index contributed by atoms with van der Waals surface area (Å²) >= 11 is 0. The van der Waals surface area contributed by atoms with E-state index in [0.717, 1.165) is 30.8 Å². The number of rotatable bonds is 8. The summed E-state index contributed by atoms with van der Waals surface area (Å²) in [5.74, 6) is 0.0695. The standard InChI is InChI=1S/C27H32N4O2S/c1-21(28)24-19-29-18-17-25(24)30(2)26-15-9-10-16-27(26)31(20-22-11-5-3-6-12-22)34(32,33)23-13-7-4-8-14-23/h3-16,24-25,28-29H,17-20H2,1-2H3. The van der Waals surface area contributed by atoms with Gasteiger partial charge in [-0.05, 0) is 49.7 Å². The van der Waals surface area contributed by atoms with E-state index in [9.17, 15) is 8.42 Å². The molecule has 1 heterocycles. The monoisotopic (exact) mass is 476 g/mol. The number of para-hydroxylation sites is 2. The van der Waals surface area contributed by atoms with Crippen molar-refractivity contribution in [2.45, 2.75) is 30.8 Å². The van der Waals surface area contributed by atoms with Gasteiger partial charge < -0.3 is 15.6 Å². The molecule has 0 aromatic heterocycles. The van der Waals surface area contributed by atoms with Gasteiger partial charge in [-0.2, -0.15) is 0 Å². The van der Waals surface area contributed by atoms with Crippen molar-refractivity contribution >= 4 is 27.1 Å². The second-order valence-electron chi connectivity index (χ2n) is 8.76. The van der Waals surface area contributed by atoms with Crippen LogP contribution in [0.25, 0.3) is 0 Å². The third-order valence-corrected chi connectivity index (χ3v) is 8.30. The van der Waals surface area contributed by atoms with Crippen molar-refractivity contribution < 1.29 is 8.42 Å². The molecule has 3 aromatic rings. The van der Waals surface area contributed by atoms with Crippen molar-refractivity contribution in [3.8, 4) is 0 Å². The Morgan fingerprint density at radius 3 is 2.18 bits per heavy atom. The lowest BCUT2D eigenvalue weighted by Crippen LogP contribution is -2.51. The van der Waals surface area contributed by atoms with Crippen LogP contribution in [0.1, 0.15) is 18.9 Å². The number of nitrogens with one attached hydrogen (secondary N) is 2. The number of hydrogen-bond acceptors (Lipinski definition) is 5. The molecule has 0 saturated carbocycles. The number of piperidine rings is 1. The molecular weight excluding hydrogens is 444 g/mol. The zero-order chi connectivity index (χ0) is 24.1. The molecular formula is C27H32N4O2S. The van der Waals surface area contributed by atoms with Gasteiger partial charge >= 0.3 is 0 Å². The van der Waals surface area contributed by atoms with E-state index < -0.39 is 10.0 Å². The van der Waals surface area contributed by atoms with Gasteiger partial charge in [0.15, 0.2) is 0 Å². The second kappa shape index (κ2) is 10.4. The van der Waals surface area contributed by atoms with Crippen LogP contribution in [0.5, 0.6) is 0 Å². The number of nitrogens with zero attached hydrogens (tertiary/aromatic N) is 2. The second-order valence-corrected chi connectivity index (χ2v) is 10.6. The molecule has 2 unspecified atom stereocenters. The molecule has 0 spiro atoms. The molecule has 1 fully saturated rings. The highest BCUT2D eigenvalue weighted by Gasteiger charge is 2.33. The molecule has 34 heavy (non-hydrogen) atoms. The Hall–Kier alpha value is -3.16. The SMILES string of the molecule is CC(=N)C1CNCCC1N(C)c1ccccc1N(Cc1ccccc1)S(=O)(=O)c1ccccc1. The average molecular weight is 477 g/mol. The van der Waals surface area contributed by atoms with Crippen molar-refractivity contribution in [2.24, 2.45) is 5.92 Å². The van der Waals surface area contributed by atoms with Crippen molar-refractivity contribution in [2.75, 3.05) is 29.3 Å². The first-order chi connectivity index (χ1) is 16.4. The fourth-order valence-electron chi connectivity index (χ4n) is 4.67. The Morgan fingerprint density at radius 2 is 1.53 bits per heavy atom. The van der Waals surface area contributed by atoms with Crippen molar-refractivity contribution in [3.05, 3.63) is 90.5 Å². The van der Waals surface area contributed by atoms with Crippen LogP contribution in [0.15, 0.2) is 89.8 Å². The third-order valence-electron chi connectivity index (χ3n) is 6.53. The zero-order valence-corrected chi connectivity index (χ0v) is 20.5. The fourth-order valence-corrected chi connectivity index (χ4v) is 6.16. The molecule has 0 aliphatic carbocycles. The summed E-state index contributed by atoms with van der Waals surface area (Å²) < 4.78 is 29.4. The number of hydrogen-bond donors (Lipinski definition) is 2. The van der Waals surface area contributed by atoms with Crippen LogP contribution in [0, 0.1) is 11.3 Å². The quantitative estimate of drug-likeness (QED) is 0.468. The van der Waals surface area contributed by atoms with Crippen LogP contribution in [-0.2, 0) is 16.6 Å². The topological polar surface area (TPSA) is 76.5 Å². The normalized spacial score (nSPS) is 18.3. The highest BCUT2D eigenvalue weighted by atomic mass is 32.2. The van der Waals surface area contributed by atoms with Gasteiger partial charge in [0, 0.05) is 31.3 Å². The molecule has 178 valence electrons. The van der Waals surface area contributed by atoms with Crippen molar-refractivity contribution in [3.63, 3.8) is 0 Å². The number of benzene rings is 3. The van der Waals surface area contributed by atoms with Gasteiger partial charge in [-0.25, -0.2) is 8.42 Å². The van der Waals surface area contributed by atoms with E-state index in [0.29, 0.717) is 11.4 Å². The van der Waals surface area contributed by atoms with E-state index in [2.05, 4.69) is 10.2 Å². The van der Waals surface area contributed by atoms with Crippen molar-refractivity contribution in [1.29, 1.82) is 5.41 Å². The Kier molecular flexibility index (Phi) is 7.34. The van der Waals surface area contributed by atoms with Crippen LogP contribution in [-0.4, -0.2) is 40.3 Å². The molecule has 1 aliphatic rings. The van der Waals surface area contributed by atoms with E-state index in [1.165, 1.54) is 4.31 Å². The maximum absolute atomic E-state index is 13.9. The van der Waals surface area contributed by atoms with Crippen LogP contribution in [0.2, 0.25) is 0 Å². The molecule has 1 saturated heterocycles. The molecule has 1 aliphatic heterocycles. The molecule has 6 nitrogen and oxygen atoms in total.